The standard InChI is InChI=1S/C13H21N3OSSi/c1-13(2,3)19(4,5)17-12(16-10-18)9-11-14-7-6-8-15-11/h6-8,12H,9H2,1-5H3/t12-/m0/s1. The Morgan fingerprint density at radius 1 is 1.37 bits per heavy atom. The van der Waals surface area contributed by atoms with Crippen molar-refractivity contribution in [2.75, 3.05) is 0 Å². The lowest BCUT2D eigenvalue weighted by Gasteiger charge is -2.37. The van der Waals surface area contributed by atoms with Gasteiger partial charge in [0.25, 0.3) is 0 Å². The summed E-state index contributed by atoms with van der Waals surface area (Å²) in [6.07, 6.45) is 3.61. The zero-order valence-corrected chi connectivity index (χ0v) is 14.0. The molecule has 0 aliphatic carbocycles. The third kappa shape index (κ3) is 4.91. The van der Waals surface area contributed by atoms with Crippen molar-refractivity contribution in [3.63, 3.8) is 0 Å². The summed E-state index contributed by atoms with van der Waals surface area (Å²) in [5, 5.41) is 2.54. The molecule has 1 rings (SSSR count). The number of aromatic nitrogens is 2. The first-order valence-electron chi connectivity index (χ1n) is 6.27. The lowest BCUT2D eigenvalue weighted by Crippen LogP contribution is -2.44. The lowest BCUT2D eigenvalue weighted by molar-refractivity contribution is 0.188. The van der Waals surface area contributed by atoms with Gasteiger partial charge in [-0.25, -0.2) is 15.0 Å². The maximum atomic E-state index is 6.21. The fourth-order valence-electron chi connectivity index (χ4n) is 1.28. The Kier molecular flexibility index (Phi) is 5.49. The Morgan fingerprint density at radius 3 is 2.42 bits per heavy atom. The van der Waals surface area contributed by atoms with Crippen molar-refractivity contribution in [2.45, 2.75) is 51.6 Å². The second-order valence-corrected chi connectivity index (χ2v) is 10.9. The van der Waals surface area contributed by atoms with Crippen LogP contribution in [0.1, 0.15) is 26.6 Å². The van der Waals surface area contributed by atoms with Crippen molar-refractivity contribution in [2.24, 2.45) is 4.99 Å². The number of aliphatic imine (C=N–C) groups is 1. The molecule has 0 amide bonds. The maximum absolute atomic E-state index is 6.21. The van der Waals surface area contributed by atoms with Crippen LogP contribution < -0.4 is 0 Å². The van der Waals surface area contributed by atoms with E-state index in [1.54, 1.807) is 18.5 Å². The monoisotopic (exact) mass is 295 g/mol. The van der Waals surface area contributed by atoms with E-state index in [2.05, 4.69) is 54.0 Å². The van der Waals surface area contributed by atoms with Crippen LogP contribution in [0.15, 0.2) is 23.5 Å². The van der Waals surface area contributed by atoms with E-state index >= 15 is 0 Å². The minimum Gasteiger partial charge on any atom is -0.395 e. The molecule has 6 heteroatoms. The van der Waals surface area contributed by atoms with E-state index in [9.17, 15) is 0 Å². The van der Waals surface area contributed by atoms with Gasteiger partial charge in [0, 0.05) is 12.4 Å². The fraction of sp³-hybridized carbons (Fsp3) is 0.615. The normalized spacial score (nSPS) is 13.7. The van der Waals surface area contributed by atoms with E-state index in [1.165, 1.54) is 0 Å². The Hall–Kier alpha value is -0.943. The number of hydrogen-bond acceptors (Lipinski definition) is 5. The van der Waals surface area contributed by atoms with Gasteiger partial charge in [0.05, 0.1) is 11.6 Å². The molecule has 0 saturated carbocycles. The molecule has 19 heavy (non-hydrogen) atoms. The van der Waals surface area contributed by atoms with Crippen LogP contribution in [0.25, 0.3) is 0 Å². The van der Waals surface area contributed by atoms with Crippen LogP contribution in [-0.4, -0.2) is 29.7 Å². The Labute approximate surface area is 121 Å². The van der Waals surface area contributed by atoms with Crippen molar-refractivity contribution >= 4 is 25.7 Å². The quantitative estimate of drug-likeness (QED) is 0.474. The number of nitrogens with zero attached hydrogens (tertiary/aromatic N) is 3. The number of isothiocyanates is 1. The molecule has 0 saturated heterocycles. The van der Waals surface area contributed by atoms with Crippen LogP contribution in [0.2, 0.25) is 18.1 Å². The SMILES string of the molecule is CC(C)(C)[Si](C)(C)O[C@@H](Cc1ncccn1)N=C=S. The molecular weight excluding hydrogens is 274 g/mol. The number of rotatable bonds is 5. The summed E-state index contributed by atoms with van der Waals surface area (Å²) in [7, 11) is -1.89. The first kappa shape index (κ1) is 16.1. The van der Waals surface area contributed by atoms with Gasteiger partial charge in [0.1, 0.15) is 5.82 Å². The Balaban J connectivity index is 2.82. The summed E-state index contributed by atoms with van der Waals surface area (Å²) in [5.74, 6) is 0.709. The first-order chi connectivity index (χ1) is 8.76. The third-order valence-corrected chi connectivity index (χ3v) is 7.99. The molecule has 1 atom stereocenters. The summed E-state index contributed by atoms with van der Waals surface area (Å²) in [5.41, 5.74) is 0. The molecule has 0 radical (unpaired) electrons. The van der Waals surface area contributed by atoms with E-state index in [4.69, 9.17) is 16.6 Å². The topological polar surface area (TPSA) is 47.4 Å². The molecule has 0 aliphatic heterocycles. The average Bonchev–Trinajstić information content (AvgIpc) is 2.28. The van der Waals surface area contributed by atoms with Gasteiger partial charge in [-0.15, -0.1) is 0 Å². The molecule has 4 nitrogen and oxygen atoms in total. The predicted molar refractivity (Wildman–Crippen MR) is 82.8 cm³/mol. The van der Waals surface area contributed by atoms with Crippen LogP contribution >= 0.6 is 12.2 Å². The van der Waals surface area contributed by atoms with E-state index in [0.29, 0.717) is 12.2 Å². The molecule has 1 aromatic heterocycles. The van der Waals surface area contributed by atoms with Crippen molar-refractivity contribution in [3.05, 3.63) is 24.3 Å². The molecule has 0 aliphatic rings. The van der Waals surface area contributed by atoms with Crippen molar-refractivity contribution < 1.29 is 4.43 Å². The zero-order valence-electron chi connectivity index (χ0n) is 12.2. The highest BCUT2D eigenvalue weighted by Crippen LogP contribution is 2.37. The van der Waals surface area contributed by atoms with Crippen molar-refractivity contribution in [3.8, 4) is 0 Å². The molecule has 0 spiro atoms. The van der Waals surface area contributed by atoms with Gasteiger partial charge in [-0.1, -0.05) is 20.8 Å². The zero-order chi connectivity index (χ0) is 14.5. The predicted octanol–water partition coefficient (Wildman–Crippen LogP) is 3.47. The van der Waals surface area contributed by atoms with Gasteiger partial charge in [0.15, 0.2) is 14.5 Å². The second kappa shape index (κ2) is 6.48. The minimum atomic E-state index is -1.89. The minimum absolute atomic E-state index is 0.125. The van der Waals surface area contributed by atoms with Crippen molar-refractivity contribution in [1.82, 2.24) is 9.97 Å². The van der Waals surface area contributed by atoms with Crippen LogP contribution in [0.3, 0.4) is 0 Å². The number of thiocarbonyl (C=S) groups is 1. The van der Waals surface area contributed by atoms with Gasteiger partial charge >= 0.3 is 0 Å². The van der Waals surface area contributed by atoms with E-state index in [1.807, 2.05) is 0 Å². The highest BCUT2D eigenvalue weighted by Gasteiger charge is 2.39. The third-order valence-electron chi connectivity index (χ3n) is 3.41. The maximum Gasteiger partial charge on any atom is 0.194 e. The lowest BCUT2D eigenvalue weighted by atomic mass is 10.2. The van der Waals surface area contributed by atoms with E-state index < -0.39 is 8.32 Å². The smallest absolute Gasteiger partial charge is 0.194 e. The van der Waals surface area contributed by atoms with E-state index in [-0.39, 0.29) is 11.3 Å². The van der Waals surface area contributed by atoms with Gasteiger partial charge in [-0.05, 0) is 36.4 Å². The molecule has 1 aromatic rings. The van der Waals surface area contributed by atoms with Gasteiger partial charge in [-0.3, -0.25) is 0 Å². The van der Waals surface area contributed by atoms with Crippen LogP contribution in [0, 0.1) is 0 Å². The molecule has 0 unspecified atom stereocenters. The summed E-state index contributed by atoms with van der Waals surface area (Å²) < 4.78 is 6.21. The fourth-order valence-corrected chi connectivity index (χ4v) is 2.57. The first-order valence-corrected chi connectivity index (χ1v) is 9.58. The molecular formula is C13H21N3OSSi. The summed E-state index contributed by atoms with van der Waals surface area (Å²) in [6, 6.07) is 1.79. The Morgan fingerprint density at radius 2 is 1.95 bits per heavy atom. The van der Waals surface area contributed by atoms with Crippen molar-refractivity contribution in [1.29, 1.82) is 0 Å². The van der Waals surface area contributed by atoms with Crippen LogP contribution in [-0.2, 0) is 10.8 Å². The molecule has 0 N–H and O–H groups in total. The van der Waals surface area contributed by atoms with Gasteiger partial charge < -0.3 is 4.43 Å². The number of hydrogen-bond donors (Lipinski definition) is 0. The Bertz CT molecular complexity index is 453. The largest absolute Gasteiger partial charge is 0.395 e. The molecule has 1 heterocycles. The van der Waals surface area contributed by atoms with E-state index in [0.717, 1.165) is 0 Å². The molecule has 104 valence electrons. The highest BCUT2D eigenvalue weighted by molar-refractivity contribution is 7.78. The van der Waals surface area contributed by atoms with Crippen LogP contribution in [0.4, 0.5) is 0 Å². The highest BCUT2D eigenvalue weighted by atomic mass is 32.1. The summed E-state index contributed by atoms with van der Waals surface area (Å²) in [6.45, 7) is 10.9. The molecule has 0 aromatic carbocycles. The van der Waals surface area contributed by atoms with Crippen LogP contribution in [0.5, 0.6) is 0 Å². The second-order valence-electron chi connectivity index (χ2n) is 5.92. The average molecular weight is 295 g/mol. The van der Waals surface area contributed by atoms with Gasteiger partial charge in [0.2, 0.25) is 0 Å². The van der Waals surface area contributed by atoms with Gasteiger partial charge in [-0.2, -0.15) is 0 Å². The molecule has 0 fully saturated rings. The molecule has 0 bridgehead atoms. The summed E-state index contributed by atoms with van der Waals surface area (Å²) >= 11 is 4.71. The summed E-state index contributed by atoms with van der Waals surface area (Å²) in [4.78, 5) is 12.5.